The highest BCUT2D eigenvalue weighted by molar-refractivity contribution is 5.87. The summed E-state index contributed by atoms with van der Waals surface area (Å²) in [5, 5.41) is 15.4. The zero-order chi connectivity index (χ0) is 23.4. The number of rotatable bonds is 5. The number of aromatic nitrogens is 2. The van der Waals surface area contributed by atoms with E-state index in [1.54, 1.807) is 4.90 Å². The lowest BCUT2D eigenvalue weighted by Crippen LogP contribution is -2.41. The molecule has 0 spiro atoms. The van der Waals surface area contributed by atoms with Gasteiger partial charge in [0.25, 0.3) is 0 Å². The van der Waals surface area contributed by atoms with Crippen LogP contribution in [0.1, 0.15) is 63.8 Å². The standard InChI is InChI=1S/C24H33N5O4/c1-24(2,3)32-23(30)29-10-8-16(9-11-29)22-27-21(28-33-22)17-6-7-18(14-25)20(13-17)26-19-5-4-12-31-15-19/h6-7,13-14,16,19,25-26H,4-5,8-12,15H2,1-3H3. The van der Waals surface area contributed by atoms with Crippen molar-refractivity contribution in [1.82, 2.24) is 15.0 Å². The maximum atomic E-state index is 12.3. The fourth-order valence-electron chi connectivity index (χ4n) is 4.17. The van der Waals surface area contributed by atoms with Gasteiger partial charge in [0.15, 0.2) is 0 Å². The van der Waals surface area contributed by atoms with Gasteiger partial charge in [-0.15, -0.1) is 0 Å². The zero-order valence-electron chi connectivity index (χ0n) is 19.6. The van der Waals surface area contributed by atoms with E-state index in [-0.39, 0.29) is 18.1 Å². The Labute approximate surface area is 194 Å². The van der Waals surface area contributed by atoms with Crippen molar-refractivity contribution in [2.24, 2.45) is 0 Å². The molecule has 1 unspecified atom stereocenters. The number of carbonyl (C=O) groups is 1. The quantitative estimate of drug-likeness (QED) is 0.641. The predicted octanol–water partition coefficient (Wildman–Crippen LogP) is 4.44. The second-order valence-electron chi connectivity index (χ2n) is 9.70. The Morgan fingerprint density at radius 1 is 1.27 bits per heavy atom. The number of benzene rings is 1. The Morgan fingerprint density at radius 2 is 2.06 bits per heavy atom. The van der Waals surface area contributed by atoms with E-state index >= 15 is 0 Å². The van der Waals surface area contributed by atoms with Gasteiger partial charge >= 0.3 is 6.09 Å². The highest BCUT2D eigenvalue weighted by Crippen LogP contribution is 2.30. The number of anilines is 1. The van der Waals surface area contributed by atoms with Gasteiger partial charge in [0.2, 0.25) is 11.7 Å². The molecule has 1 aromatic carbocycles. The SMILES string of the molecule is CC(C)(C)OC(=O)N1CCC(c2nc(-c3ccc(C=N)c(NC4CCCOC4)c3)no2)CC1. The molecule has 3 heterocycles. The third-order valence-corrected chi connectivity index (χ3v) is 5.92. The molecule has 9 nitrogen and oxygen atoms in total. The summed E-state index contributed by atoms with van der Waals surface area (Å²) >= 11 is 0. The van der Waals surface area contributed by atoms with Crippen LogP contribution in [0.5, 0.6) is 0 Å². The summed E-state index contributed by atoms with van der Waals surface area (Å²) < 4.78 is 16.6. The van der Waals surface area contributed by atoms with Crippen molar-refractivity contribution in [2.75, 3.05) is 31.6 Å². The molecule has 2 saturated heterocycles. The highest BCUT2D eigenvalue weighted by atomic mass is 16.6. The molecular weight excluding hydrogens is 422 g/mol. The maximum Gasteiger partial charge on any atom is 0.410 e. The summed E-state index contributed by atoms with van der Waals surface area (Å²) in [4.78, 5) is 18.7. The predicted molar refractivity (Wildman–Crippen MR) is 125 cm³/mol. The first kappa shape index (κ1) is 23.2. The smallest absolute Gasteiger partial charge is 0.410 e. The van der Waals surface area contributed by atoms with Gasteiger partial charge in [0.05, 0.1) is 6.61 Å². The second kappa shape index (κ2) is 9.91. The normalized spacial score (nSPS) is 19.8. The molecular formula is C24H33N5O4. The average Bonchev–Trinajstić information content (AvgIpc) is 3.29. The van der Waals surface area contributed by atoms with Gasteiger partial charge in [0.1, 0.15) is 5.60 Å². The highest BCUT2D eigenvalue weighted by Gasteiger charge is 2.30. The Kier molecular flexibility index (Phi) is 6.97. The molecule has 2 aromatic rings. The van der Waals surface area contributed by atoms with Crippen LogP contribution in [-0.4, -0.2) is 65.3 Å². The molecule has 0 saturated carbocycles. The van der Waals surface area contributed by atoms with E-state index < -0.39 is 5.60 Å². The lowest BCUT2D eigenvalue weighted by molar-refractivity contribution is 0.0198. The third-order valence-electron chi connectivity index (χ3n) is 5.92. The minimum atomic E-state index is -0.500. The van der Waals surface area contributed by atoms with E-state index in [2.05, 4.69) is 15.5 Å². The van der Waals surface area contributed by atoms with Crippen LogP contribution in [0, 0.1) is 5.41 Å². The molecule has 0 aliphatic carbocycles. The largest absolute Gasteiger partial charge is 0.444 e. The molecule has 0 radical (unpaired) electrons. The monoisotopic (exact) mass is 455 g/mol. The Bertz CT molecular complexity index is 969. The van der Waals surface area contributed by atoms with E-state index in [0.717, 1.165) is 49.1 Å². The van der Waals surface area contributed by atoms with Crippen LogP contribution in [0.3, 0.4) is 0 Å². The van der Waals surface area contributed by atoms with E-state index in [4.69, 9.17) is 19.4 Å². The van der Waals surface area contributed by atoms with Gasteiger partial charge < -0.3 is 29.6 Å². The summed E-state index contributed by atoms with van der Waals surface area (Å²) in [5.74, 6) is 1.24. The van der Waals surface area contributed by atoms with Gasteiger partial charge in [-0.05, 0) is 52.5 Å². The Morgan fingerprint density at radius 3 is 2.73 bits per heavy atom. The minimum absolute atomic E-state index is 0.114. The summed E-state index contributed by atoms with van der Waals surface area (Å²) in [5.41, 5.74) is 2.01. The third kappa shape index (κ3) is 5.90. The van der Waals surface area contributed by atoms with E-state index in [1.807, 2.05) is 39.0 Å². The first-order valence-electron chi connectivity index (χ1n) is 11.6. The number of likely N-dealkylation sites (tertiary alicyclic amines) is 1. The van der Waals surface area contributed by atoms with Crippen molar-refractivity contribution in [2.45, 2.75) is 64.0 Å². The Balaban J connectivity index is 1.41. The van der Waals surface area contributed by atoms with E-state index in [0.29, 0.717) is 31.4 Å². The molecule has 1 amide bonds. The topological polar surface area (TPSA) is 114 Å². The fourth-order valence-corrected chi connectivity index (χ4v) is 4.17. The van der Waals surface area contributed by atoms with Crippen molar-refractivity contribution in [3.8, 4) is 11.4 Å². The molecule has 0 bridgehead atoms. The van der Waals surface area contributed by atoms with Crippen LogP contribution in [-0.2, 0) is 9.47 Å². The molecule has 1 atom stereocenters. The summed E-state index contributed by atoms with van der Waals surface area (Å²) in [6.45, 7) is 8.28. The number of hydrogen-bond acceptors (Lipinski definition) is 8. The minimum Gasteiger partial charge on any atom is -0.444 e. The molecule has 2 aliphatic rings. The lowest BCUT2D eigenvalue weighted by Gasteiger charge is -2.32. The molecule has 2 aliphatic heterocycles. The van der Waals surface area contributed by atoms with E-state index in [1.165, 1.54) is 6.21 Å². The summed E-state index contributed by atoms with van der Waals surface area (Å²) in [6, 6.07) is 5.99. The van der Waals surface area contributed by atoms with Gasteiger partial charge in [-0.25, -0.2) is 4.79 Å². The molecule has 1 aromatic heterocycles. The summed E-state index contributed by atoms with van der Waals surface area (Å²) in [7, 11) is 0. The van der Waals surface area contributed by atoms with Crippen molar-refractivity contribution >= 4 is 18.0 Å². The summed E-state index contributed by atoms with van der Waals surface area (Å²) in [6.07, 6.45) is 4.63. The van der Waals surface area contributed by atoms with Crippen LogP contribution >= 0.6 is 0 Å². The van der Waals surface area contributed by atoms with Crippen molar-refractivity contribution in [3.05, 3.63) is 29.7 Å². The number of nitrogens with one attached hydrogen (secondary N) is 2. The van der Waals surface area contributed by atoms with E-state index in [9.17, 15) is 4.79 Å². The molecule has 9 heteroatoms. The van der Waals surface area contributed by atoms with Gasteiger partial charge in [0, 0.05) is 54.7 Å². The van der Waals surface area contributed by atoms with Crippen LogP contribution in [0.4, 0.5) is 10.5 Å². The van der Waals surface area contributed by atoms with Crippen molar-refractivity contribution < 1.29 is 18.8 Å². The fraction of sp³-hybridized carbons (Fsp3) is 0.583. The molecule has 33 heavy (non-hydrogen) atoms. The number of amides is 1. The molecule has 2 N–H and O–H groups in total. The maximum absolute atomic E-state index is 12.3. The molecule has 178 valence electrons. The zero-order valence-corrected chi connectivity index (χ0v) is 19.6. The van der Waals surface area contributed by atoms with Gasteiger partial charge in [-0.1, -0.05) is 17.3 Å². The Hall–Kier alpha value is -2.94. The number of piperidine rings is 1. The van der Waals surface area contributed by atoms with Crippen molar-refractivity contribution in [3.63, 3.8) is 0 Å². The molecule has 2 fully saturated rings. The van der Waals surface area contributed by atoms with Crippen LogP contribution in [0.15, 0.2) is 22.7 Å². The van der Waals surface area contributed by atoms with Gasteiger partial charge in [-0.3, -0.25) is 0 Å². The van der Waals surface area contributed by atoms with Crippen LogP contribution < -0.4 is 5.32 Å². The van der Waals surface area contributed by atoms with Crippen molar-refractivity contribution in [1.29, 1.82) is 5.41 Å². The molecule has 4 rings (SSSR count). The van der Waals surface area contributed by atoms with Crippen LogP contribution in [0.25, 0.3) is 11.4 Å². The number of nitrogens with zero attached hydrogens (tertiary/aromatic N) is 3. The number of ether oxygens (including phenoxy) is 2. The first-order valence-corrected chi connectivity index (χ1v) is 11.6. The lowest BCUT2D eigenvalue weighted by atomic mass is 9.97. The first-order chi connectivity index (χ1) is 15.8. The number of carbonyl (C=O) groups excluding carboxylic acids is 1. The second-order valence-corrected chi connectivity index (χ2v) is 9.70. The van der Waals surface area contributed by atoms with Gasteiger partial charge in [-0.2, -0.15) is 4.98 Å². The average molecular weight is 456 g/mol. The number of hydrogen-bond donors (Lipinski definition) is 2. The van der Waals surface area contributed by atoms with Crippen LogP contribution in [0.2, 0.25) is 0 Å².